The van der Waals surface area contributed by atoms with E-state index < -0.39 is 0 Å². The van der Waals surface area contributed by atoms with Crippen molar-refractivity contribution in [1.29, 1.82) is 5.26 Å². The van der Waals surface area contributed by atoms with Crippen molar-refractivity contribution < 1.29 is 0 Å². The molecule has 0 aliphatic rings. The highest BCUT2D eigenvalue weighted by atomic mass is 32.1. The molecule has 6 heteroatoms. The predicted molar refractivity (Wildman–Crippen MR) is 147 cm³/mol. The lowest BCUT2D eigenvalue weighted by Crippen LogP contribution is -2.09. The lowest BCUT2D eigenvalue weighted by molar-refractivity contribution is 1.27. The minimum atomic E-state index is 0.0219. The molecule has 5 aromatic rings. The van der Waals surface area contributed by atoms with E-state index in [1.54, 1.807) is 6.08 Å². The Hall–Kier alpha value is -4.78. The first-order chi connectivity index (χ1) is 17.6. The van der Waals surface area contributed by atoms with E-state index >= 15 is 0 Å². The molecule has 0 unspecified atom stereocenters. The first-order valence-electron chi connectivity index (χ1n) is 11.4. The summed E-state index contributed by atoms with van der Waals surface area (Å²) in [6.45, 7) is 11.3. The standard InChI is InChI=1S/C30H21N5S/c1-20-4-11-25(12-5-20)35(26-13-6-21(2)7-14-26)27-15-8-22(9-16-27)28-17-10-23(18-24(19-31)32-3)29-30(28)34-36-33-29/h4-18H,1-2H3/b24-18-. The average molecular weight is 484 g/mol. The number of benzene rings is 4. The number of aromatic nitrogens is 2. The minimum Gasteiger partial charge on any atom is -0.311 e. The highest BCUT2D eigenvalue weighted by Crippen LogP contribution is 2.37. The van der Waals surface area contributed by atoms with Gasteiger partial charge in [-0.3, -0.25) is 0 Å². The first kappa shape index (κ1) is 23.0. The van der Waals surface area contributed by atoms with Gasteiger partial charge in [0.2, 0.25) is 0 Å². The van der Waals surface area contributed by atoms with Gasteiger partial charge in [-0.05, 0) is 67.4 Å². The van der Waals surface area contributed by atoms with E-state index in [1.807, 2.05) is 18.2 Å². The van der Waals surface area contributed by atoms with Crippen LogP contribution in [0.25, 0.3) is 33.1 Å². The van der Waals surface area contributed by atoms with Gasteiger partial charge in [0.25, 0.3) is 5.70 Å². The van der Waals surface area contributed by atoms with E-state index in [0.717, 1.165) is 51.0 Å². The van der Waals surface area contributed by atoms with Crippen LogP contribution in [0, 0.1) is 31.8 Å². The molecule has 1 heterocycles. The summed E-state index contributed by atoms with van der Waals surface area (Å²) in [5.41, 5.74) is 9.84. The zero-order valence-corrected chi connectivity index (χ0v) is 20.6. The predicted octanol–water partition coefficient (Wildman–Crippen LogP) is 8.23. The van der Waals surface area contributed by atoms with E-state index in [4.69, 9.17) is 11.8 Å². The second-order valence-electron chi connectivity index (χ2n) is 8.47. The molecule has 36 heavy (non-hydrogen) atoms. The van der Waals surface area contributed by atoms with Crippen LogP contribution < -0.4 is 4.90 Å². The molecule has 0 amide bonds. The topological polar surface area (TPSA) is 57.2 Å². The molecule has 0 aliphatic carbocycles. The third-order valence-corrected chi connectivity index (χ3v) is 6.52. The largest absolute Gasteiger partial charge is 0.311 e. The molecule has 5 nitrogen and oxygen atoms in total. The van der Waals surface area contributed by atoms with Gasteiger partial charge in [-0.15, -0.1) is 0 Å². The Balaban J connectivity index is 1.56. The van der Waals surface area contributed by atoms with Gasteiger partial charge in [-0.1, -0.05) is 59.7 Å². The van der Waals surface area contributed by atoms with Crippen LogP contribution in [-0.4, -0.2) is 8.75 Å². The Morgan fingerprint density at radius 2 is 1.33 bits per heavy atom. The molecular weight excluding hydrogens is 462 g/mol. The number of anilines is 3. The highest BCUT2D eigenvalue weighted by Gasteiger charge is 2.15. The molecule has 0 spiro atoms. The van der Waals surface area contributed by atoms with Crippen molar-refractivity contribution in [3.8, 4) is 17.2 Å². The molecule has 4 aromatic carbocycles. The van der Waals surface area contributed by atoms with E-state index in [9.17, 15) is 0 Å². The van der Waals surface area contributed by atoms with Crippen molar-refractivity contribution in [1.82, 2.24) is 8.75 Å². The van der Waals surface area contributed by atoms with E-state index in [2.05, 4.69) is 105 Å². The highest BCUT2D eigenvalue weighted by molar-refractivity contribution is 7.00. The van der Waals surface area contributed by atoms with Gasteiger partial charge in [0, 0.05) is 22.6 Å². The smallest absolute Gasteiger partial charge is 0.262 e. The molecule has 0 saturated heterocycles. The molecule has 0 N–H and O–H groups in total. The Morgan fingerprint density at radius 3 is 1.86 bits per heavy atom. The number of hydrogen-bond donors (Lipinski definition) is 0. The van der Waals surface area contributed by atoms with Gasteiger partial charge in [0.1, 0.15) is 11.0 Å². The van der Waals surface area contributed by atoms with Crippen LogP contribution in [0.1, 0.15) is 16.7 Å². The van der Waals surface area contributed by atoms with Crippen molar-refractivity contribution in [2.24, 2.45) is 0 Å². The van der Waals surface area contributed by atoms with Crippen molar-refractivity contribution in [3.63, 3.8) is 0 Å². The number of nitrogens with zero attached hydrogens (tertiary/aromatic N) is 5. The van der Waals surface area contributed by atoms with E-state index in [-0.39, 0.29) is 5.70 Å². The molecule has 0 atom stereocenters. The fraction of sp³-hybridized carbons (Fsp3) is 0.0667. The third kappa shape index (κ3) is 4.46. The van der Waals surface area contributed by atoms with Gasteiger partial charge < -0.3 is 4.90 Å². The van der Waals surface area contributed by atoms with Crippen LogP contribution in [0.15, 0.2) is 90.6 Å². The SMILES string of the molecule is [C-]#[N+]/C(C#N)=C\c1ccc(-c2ccc(N(c3ccc(C)cc3)c3ccc(C)cc3)cc2)c2nsnc12. The molecule has 5 rings (SSSR count). The summed E-state index contributed by atoms with van der Waals surface area (Å²) in [6.07, 6.45) is 1.56. The summed E-state index contributed by atoms with van der Waals surface area (Å²) in [5, 5.41) is 9.14. The first-order valence-corrected chi connectivity index (χ1v) is 12.1. The lowest BCUT2D eigenvalue weighted by Gasteiger charge is -2.26. The molecule has 172 valence electrons. The van der Waals surface area contributed by atoms with Crippen LogP contribution in [0.5, 0.6) is 0 Å². The van der Waals surface area contributed by atoms with Gasteiger partial charge in [-0.25, -0.2) is 10.1 Å². The Bertz CT molecular complexity index is 1590. The van der Waals surface area contributed by atoms with Crippen LogP contribution in [0.2, 0.25) is 0 Å². The van der Waals surface area contributed by atoms with Crippen LogP contribution >= 0.6 is 11.7 Å². The van der Waals surface area contributed by atoms with Crippen LogP contribution in [0.4, 0.5) is 17.1 Å². The van der Waals surface area contributed by atoms with Gasteiger partial charge in [0.15, 0.2) is 0 Å². The maximum absolute atomic E-state index is 9.14. The third-order valence-electron chi connectivity index (χ3n) is 5.99. The summed E-state index contributed by atoms with van der Waals surface area (Å²) < 4.78 is 8.95. The van der Waals surface area contributed by atoms with Gasteiger partial charge in [0.05, 0.1) is 24.4 Å². The molecule has 1 aromatic heterocycles. The maximum atomic E-state index is 9.14. The molecule has 0 bridgehead atoms. The molecule has 0 radical (unpaired) electrons. The summed E-state index contributed by atoms with van der Waals surface area (Å²) in [7, 11) is 0. The van der Waals surface area contributed by atoms with E-state index in [0.29, 0.717) is 5.52 Å². The fourth-order valence-electron chi connectivity index (χ4n) is 4.10. The quantitative estimate of drug-likeness (QED) is 0.187. The zero-order valence-electron chi connectivity index (χ0n) is 19.8. The monoisotopic (exact) mass is 483 g/mol. The Kier molecular flexibility index (Phi) is 6.28. The van der Waals surface area contributed by atoms with Crippen LogP contribution in [0.3, 0.4) is 0 Å². The molecule has 0 saturated carbocycles. The number of nitriles is 1. The lowest BCUT2D eigenvalue weighted by atomic mass is 10.0. The van der Waals surface area contributed by atoms with Crippen LogP contribution in [-0.2, 0) is 0 Å². The number of fused-ring (bicyclic) bond motifs is 1. The maximum Gasteiger partial charge on any atom is 0.262 e. The van der Waals surface area contributed by atoms with Gasteiger partial charge in [-0.2, -0.15) is 8.75 Å². The number of hydrogen-bond acceptors (Lipinski definition) is 5. The molecular formula is C30H21N5S. The minimum absolute atomic E-state index is 0.0219. The molecule has 0 fully saturated rings. The normalized spacial score (nSPS) is 11.2. The van der Waals surface area contributed by atoms with Crippen molar-refractivity contribution in [2.75, 3.05) is 4.90 Å². The second-order valence-corrected chi connectivity index (χ2v) is 9.00. The number of allylic oxidation sites excluding steroid dienone is 1. The summed E-state index contributed by atoms with van der Waals surface area (Å²) in [5.74, 6) is 0. The zero-order chi connectivity index (χ0) is 25.1. The van der Waals surface area contributed by atoms with Crippen molar-refractivity contribution in [3.05, 3.63) is 119 Å². The number of rotatable bonds is 5. The van der Waals surface area contributed by atoms with Crippen molar-refractivity contribution >= 4 is 45.9 Å². The fourth-order valence-corrected chi connectivity index (χ4v) is 4.68. The molecule has 0 aliphatic heterocycles. The Labute approximate surface area is 214 Å². The summed E-state index contributed by atoms with van der Waals surface area (Å²) in [6, 6.07) is 31.2. The van der Waals surface area contributed by atoms with E-state index in [1.165, 1.54) is 11.1 Å². The van der Waals surface area contributed by atoms with Gasteiger partial charge >= 0.3 is 0 Å². The number of aryl methyl sites for hydroxylation is 2. The van der Waals surface area contributed by atoms with Crippen molar-refractivity contribution in [2.45, 2.75) is 13.8 Å². The average Bonchev–Trinajstić information content (AvgIpc) is 3.41. The second kappa shape index (κ2) is 9.84. The summed E-state index contributed by atoms with van der Waals surface area (Å²) in [4.78, 5) is 5.50. The summed E-state index contributed by atoms with van der Waals surface area (Å²) >= 11 is 1.13. The Morgan fingerprint density at radius 1 is 0.806 bits per heavy atom.